The molecule has 1 aromatic heterocycles. The molecule has 102 valence electrons. The standard InChI is InChI=1S/C14H19N3O2/c1-3-5-12(15)14-16-13(17-19-14)9-10-6-4-7-11(8-10)18-2/h4,6-8,12H,3,5,9,15H2,1-2H3/t12-/m1/s1. The summed E-state index contributed by atoms with van der Waals surface area (Å²) in [5, 5.41) is 3.96. The van der Waals surface area contributed by atoms with Crippen molar-refractivity contribution >= 4 is 0 Å². The first-order valence-electron chi connectivity index (χ1n) is 6.44. The van der Waals surface area contributed by atoms with Gasteiger partial charge >= 0.3 is 0 Å². The monoisotopic (exact) mass is 261 g/mol. The molecule has 0 amide bonds. The predicted octanol–water partition coefficient (Wildman–Crippen LogP) is 2.47. The fraction of sp³-hybridized carbons (Fsp3) is 0.429. The van der Waals surface area contributed by atoms with Crippen LogP contribution in [-0.4, -0.2) is 17.3 Å². The highest BCUT2D eigenvalue weighted by atomic mass is 16.5. The number of benzene rings is 1. The summed E-state index contributed by atoms with van der Waals surface area (Å²) < 4.78 is 10.4. The SMILES string of the molecule is CCC[C@@H](N)c1nc(Cc2cccc(OC)c2)no1. The molecule has 0 saturated carbocycles. The lowest BCUT2D eigenvalue weighted by atomic mass is 10.1. The average molecular weight is 261 g/mol. The van der Waals surface area contributed by atoms with Crippen molar-refractivity contribution in [1.82, 2.24) is 10.1 Å². The Morgan fingerprint density at radius 3 is 3.00 bits per heavy atom. The van der Waals surface area contributed by atoms with Crippen LogP contribution in [0.15, 0.2) is 28.8 Å². The van der Waals surface area contributed by atoms with Crippen molar-refractivity contribution in [3.63, 3.8) is 0 Å². The van der Waals surface area contributed by atoms with Crippen LogP contribution in [-0.2, 0) is 6.42 Å². The Kier molecular flexibility index (Phi) is 4.52. The molecule has 0 aliphatic heterocycles. The summed E-state index contributed by atoms with van der Waals surface area (Å²) in [5.74, 6) is 1.98. The largest absolute Gasteiger partial charge is 0.497 e. The van der Waals surface area contributed by atoms with Crippen LogP contribution in [0.5, 0.6) is 5.75 Å². The van der Waals surface area contributed by atoms with E-state index in [0.29, 0.717) is 18.1 Å². The highest BCUT2D eigenvalue weighted by Gasteiger charge is 2.14. The quantitative estimate of drug-likeness (QED) is 0.864. The highest BCUT2D eigenvalue weighted by molar-refractivity contribution is 5.30. The Morgan fingerprint density at radius 1 is 1.42 bits per heavy atom. The molecule has 0 saturated heterocycles. The normalized spacial score (nSPS) is 12.4. The number of rotatable bonds is 6. The lowest BCUT2D eigenvalue weighted by Gasteiger charge is -2.02. The Hall–Kier alpha value is -1.88. The van der Waals surface area contributed by atoms with E-state index in [2.05, 4.69) is 17.1 Å². The van der Waals surface area contributed by atoms with Gasteiger partial charge in [0, 0.05) is 6.42 Å². The van der Waals surface area contributed by atoms with Crippen LogP contribution in [0.2, 0.25) is 0 Å². The summed E-state index contributed by atoms with van der Waals surface area (Å²) in [4.78, 5) is 4.34. The summed E-state index contributed by atoms with van der Waals surface area (Å²) in [6, 6.07) is 7.64. The van der Waals surface area contributed by atoms with E-state index in [4.69, 9.17) is 15.0 Å². The minimum absolute atomic E-state index is 0.170. The fourth-order valence-corrected chi connectivity index (χ4v) is 1.89. The van der Waals surface area contributed by atoms with Gasteiger partial charge in [0.25, 0.3) is 0 Å². The molecule has 2 rings (SSSR count). The van der Waals surface area contributed by atoms with Gasteiger partial charge in [-0.05, 0) is 24.1 Å². The van der Waals surface area contributed by atoms with Gasteiger partial charge in [0.05, 0.1) is 13.2 Å². The molecular formula is C14H19N3O2. The minimum atomic E-state index is -0.170. The average Bonchev–Trinajstić information content (AvgIpc) is 2.88. The maximum atomic E-state index is 5.94. The second-order valence-corrected chi connectivity index (χ2v) is 4.47. The van der Waals surface area contributed by atoms with E-state index in [9.17, 15) is 0 Å². The molecule has 5 heteroatoms. The van der Waals surface area contributed by atoms with Gasteiger partial charge < -0.3 is 15.0 Å². The first-order chi connectivity index (χ1) is 9.22. The van der Waals surface area contributed by atoms with Gasteiger partial charge in [-0.2, -0.15) is 4.98 Å². The van der Waals surface area contributed by atoms with Crippen molar-refractivity contribution in [2.24, 2.45) is 5.73 Å². The lowest BCUT2D eigenvalue weighted by Crippen LogP contribution is -2.10. The molecule has 0 unspecified atom stereocenters. The van der Waals surface area contributed by atoms with E-state index in [1.165, 1.54) is 0 Å². The zero-order valence-electron chi connectivity index (χ0n) is 11.3. The van der Waals surface area contributed by atoms with E-state index in [1.807, 2.05) is 24.3 Å². The zero-order chi connectivity index (χ0) is 13.7. The van der Waals surface area contributed by atoms with Crippen molar-refractivity contribution in [2.75, 3.05) is 7.11 Å². The molecule has 1 aromatic carbocycles. The van der Waals surface area contributed by atoms with Gasteiger partial charge in [-0.1, -0.05) is 30.6 Å². The number of aromatic nitrogens is 2. The van der Waals surface area contributed by atoms with Crippen LogP contribution in [0.25, 0.3) is 0 Å². The van der Waals surface area contributed by atoms with Crippen LogP contribution >= 0.6 is 0 Å². The third-order valence-electron chi connectivity index (χ3n) is 2.90. The molecule has 1 heterocycles. The van der Waals surface area contributed by atoms with Crippen molar-refractivity contribution in [3.05, 3.63) is 41.5 Å². The van der Waals surface area contributed by atoms with Crippen LogP contribution < -0.4 is 10.5 Å². The van der Waals surface area contributed by atoms with Gasteiger partial charge in [0.1, 0.15) is 5.75 Å². The number of hydrogen-bond donors (Lipinski definition) is 1. The molecule has 0 aliphatic rings. The highest BCUT2D eigenvalue weighted by Crippen LogP contribution is 2.17. The second kappa shape index (κ2) is 6.33. The third kappa shape index (κ3) is 3.54. The zero-order valence-corrected chi connectivity index (χ0v) is 11.3. The third-order valence-corrected chi connectivity index (χ3v) is 2.90. The first kappa shape index (κ1) is 13.5. The van der Waals surface area contributed by atoms with Crippen molar-refractivity contribution in [1.29, 1.82) is 0 Å². The summed E-state index contributed by atoms with van der Waals surface area (Å²) >= 11 is 0. The summed E-state index contributed by atoms with van der Waals surface area (Å²) in [6.45, 7) is 2.08. The number of nitrogens with two attached hydrogens (primary N) is 1. The predicted molar refractivity (Wildman–Crippen MR) is 71.9 cm³/mol. The Bertz CT molecular complexity index is 525. The molecule has 0 bridgehead atoms. The minimum Gasteiger partial charge on any atom is -0.497 e. The summed E-state index contributed by atoms with van der Waals surface area (Å²) in [7, 11) is 1.65. The molecule has 19 heavy (non-hydrogen) atoms. The smallest absolute Gasteiger partial charge is 0.243 e. The lowest BCUT2D eigenvalue weighted by molar-refractivity contribution is 0.345. The Balaban J connectivity index is 2.06. The maximum absolute atomic E-state index is 5.94. The number of ether oxygens (including phenoxy) is 1. The van der Waals surface area contributed by atoms with Crippen LogP contribution in [0.1, 0.15) is 43.1 Å². The fourth-order valence-electron chi connectivity index (χ4n) is 1.89. The van der Waals surface area contributed by atoms with Gasteiger partial charge in [0.15, 0.2) is 5.82 Å². The van der Waals surface area contributed by atoms with Crippen LogP contribution in [0.4, 0.5) is 0 Å². The number of nitrogens with zero attached hydrogens (tertiary/aromatic N) is 2. The Morgan fingerprint density at radius 2 is 2.26 bits per heavy atom. The second-order valence-electron chi connectivity index (χ2n) is 4.47. The molecule has 0 radical (unpaired) electrons. The molecule has 2 N–H and O–H groups in total. The van der Waals surface area contributed by atoms with Crippen molar-refractivity contribution < 1.29 is 9.26 Å². The van der Waals surface area contributed by atoms with E-state index < -0.39 is 0 Å². The van der Waals surface area contributed by atoms with Crippen LogP contribution in [0, 0.1) is 0 Å². The van der Waals surface area contributed by atoms with E-state index in [1.54, 1.807) is 7.11 Å². The molecular weight excluding hydrogens is 242 g/mol. The molecule has 2 aromatic rings. The topological polar surface area (TPSA) is 74.2 Å². The Labute approximate surface area is 112 Å². The van der Waals surface area contributed by atoms with Gasteiger partial charge in [-0.3, -0.25) is 0 Å². The molecule has 0 spiro atoms. The number of methoxy groups -OCH3 is 1. The van der Waals surface area contributed by atoms with Crippen LogP contribution in [0.3, 0.4) is 0 Å². The van der Waals surface area contributed by atoms with Crippen molar-refractivity contribution in [2.45, 2.75) is 32.2 Å². The van der Waals surface area contributed by atoms with Crippen molar-refractivity contribution in [3.8, 4) is 5.75 Å². The van der Waals surface area contributed by atoms with E-state index in [0.717, 1.165) is 24.2 Å². The maximum Gasteiger partial charge on any atom is 0.243 e. The van der Waals surface area contributed by atoms with Gasteiger partial charge in [0.2, 0.25) is 5.89 Å². The summed E-state index contributed by atoms with van der Waals surface area (Å²) in [6.07, 6.45) is 2.45. The molecule has 0 aliphatic carbocycles. The molecule has 5 nitrogen and oxygen atoms in total. The van der Waals surface area contributed by atoms with E-state index in [-0.39, 0.29) is 6.04 Å². The van der Waals surface area contributed by atoms with Gasteiger partial charge in [-0.25, -0.2) is 0 Å². The number of hydrogen-bond acceptors (Lipinski definition) is 5. The molecule has 1 atom stereocenters. The molecule has 0 fully saturated rings. The first-order valence-corrected chi connectivity index (χ1v) is 6.44. The van der Waals surface area contributed by atoms with E-state index >= 15 is 0 Å². The van der Waals surface area contributed by atoms with Gasteiger partial charge in [-0.15, -0.1) is 0 Å². The summed E-state index contributed by atoms with van der Waals surface area (Å²) in [5.41, 5.74) is 7.02.